The first-order valence-electron chi connectivity index (χ1n) is 6.92. The van der Waals surface area contributed by atoms with Gasteiger partial charge in [0.05, 0.1) is 11.1 Å². The highest BCUT2D eigenvalue weighted by Gasteiger charge is 2.34. The van der Waals surface area contributed by atoms with Gasteiger partial charge in [0.2, 0.25) is 0 Å². The van der Waals surface area contributed by atoms with Gasteiger partial charge in [-0.3, -0.25) is 14.5 Å². The van der Waals surface area contributed by atoms with Crippen LogP contribution in [0.1, 0.15) is 38.7 Å². The van der Waals surface area contributed by atoms with E-state index in [1.807, 2.05) is 0 Å². The van der Waals surface area contributed by atoms with Gasteiger partial charge in [-0.2, -0.15) is 0 Å². The zero-order valence-electron chi connectivity index (χ0n) is 12.0. The molecule has 1 aliphatic heterocycles. The Kier molecular flexibility index (Phi) is 3.93. The van der Waals surface area contributed by atoms with Crippen LogP contribution in [0.25, 0.3) is 0 Å². The Morgan fingerprint density at radius 2 is 1.83 bits per heavy atom. The molecule has 0 atom stereocenters. The molecule has 1 aromatic heterocycles. The molecule has 6 nitrogen and oxygen atoms in total. The molecule has 0 aliphatic carbocycles. The smallest absolute Gasteiger partial charge is 0.261 e. The van der Waals surface area contributed by atoms with E-state index >= 15 is 0 Å². The van der Waals surface area contributed by atoms with Gasteiger partial charge in [0.1, 0.15) is 12.0 Å². The summed E-state index contributed by atoms with van der Waals surface area (Å²) in [5, 5.41) is 11.2. The van der Waals surface area contributed by atoms with Crippen LogP contribution in [-0.4, -0.2) is 34.7 Å². The average Bonchev–Trinajstić information content (AvgIpc) is 3.10. The molecule has 0 spiro atoms. The van der Waals surface area contributed by atoms with Crippen LogP contribution in [0.3, 0.4) is 0 Å². The van der Waals surface area contributed by atoms with Crippen molar-refractivity contribution >= 4 is 18.0 Å². The zero-order valence-corrected chi connectivity index (χ0v) is 12.0. The van der Waals surface area contributed by atoms with Crippen molar-refractivity contribution in [3.63, 3.8) is 0 Å². The largest absolute Gasteiger partial charge is 0.447 e. The fraction of sp³-hybridized carbons (Fsp3) is 0.118. The van der Waals surface area contributed by atoms with Gasteiger partial charge >= 0.3 is 0 Å². The number of fused-ring (bicyclic) bond motifs is 1. The van der Waals surface area contributed by atoms with Crippen LogP contribution in [-0.2, 0) is 0 Å². The molecule has 2 amide bonds. The van der Waals surface area contributed by atoms with Crippen molar-refractivity contribution in [1.82, 2.24) is 4.90 Å². The lowest BCUT2D eigenvalue weighted by Crippen LogP contribution is -2.30. The van der Waals surface area contributed by atoms with Crippen molar-refractivity contribution in [3.05, 3.63) is 59.0 Å². The summed E-state index contributed by atoms with van der Waals surface area (Å²) in [7, 11) is 0. The molecule has 1 aliphatic rings. The molecule has 1 N–H and O–H groups in total. The second kappa shape index (κ2) is 6.20. The predicted molar refractivity (Wildman–Crippen MR) is 81.4 cm³/mol. The number of nitrogens with zero attached hydrogens (tertiary/aromatic N) is 2. The Hall–Kier alpha value is -3.33. The van der Waals surface area contributed by atoms with E-state index in [1.54, 1.807) is 36.4 Å². The van der Waals surface area contributed by atoms with Gasteiger partial charge in [-0.15, -0.1) is 0 Å². The van der Waals surface area contributed by atoms with E-state index in [9.17, 15) is 9.59 Å². The molecule has 0 bridgehead atoms. The number of carbonyl (C=O) groups excluding carboxylic acids is 2. The number of furan rings is 1. The second-order valence-corrected chi connectivity index (χ2v) is 4.81. The minimum absolute atomic E-state index is 0.227. The number of oxime groups is 1. The fourth-order valence-corrected chi connectivity index (χ4v) is 2.31. The Bertz CT molecular complexity index is 820. The first kappa shape index (κ1) is 14.6. The SMILES string of the molecule is O=C1c2ccccc2C(=O)N1CCC#Cc1ccc(/C=N\O)o1. The summed E-state index contributed by atoms with van der Waals surface area (Å²) in [6.45, 7) is 0.227. The van der Waals surface area contributed by atoms with E-state index < -0.39 is 0 Å². The van der Waals surface area contributed by atoms with Crippen molar-refractivity contribution < 1.29 is 19.2 Å². The van der Waals surface area contributed by atoms with E-state index in [0.717, 1.165) is 6.21 Å². The van der Waals surface area contributed by atoms with Crippen LogP contribution in [0.5, 0.6) is 0 Å². The van der Waals surface area contributed by atoms with Gasteiger partial charge < -0.3 is 9.62 Å². The van der Waals surface area contributed by atoms with Crippen LogP contribution in [0.4, 0.5) is 0 Å². The molecule has 0 radical (unpaired) electrons. The lowest BCUT2D eigenvalue weighted by Gasteiger charge is -2.10. The summed E-state index contributed by atoms with van der Waals surface area (Å²) in [6.07, 6.45) is 1.50. The summed E-state index contributed by atoms with van der Waals surface area (Å²) in [4.78, 5) is 25.5. The van der Waals surface area contributed by atoms with Gasteiger partial charge in [-0.05, 0) is 30.2 Å². The highest BCUT2D eigenvalue weighted by molar-refractivity contribution is 6.21. The molecule has 0 saturated carbocycles. The van der Waals surface area contributed by atoms with Crippen LogP contribution in [0.15, 0.2) is 46.0 Å². The molecule has 3 rings (SSSR count). The van der Waals surface area contributed by atoms with E-state index in [1.165, 1.54) is 4.90 Å². The van der Waals surface area contributed by atoms with Crippen LogP contribution >= 0.6 is 0 Å². The van der Waals surface area contributed by atoms with Crippen LogP contribution in [0.2, 0.25) is 0 Å². The van der Waals surface area contributed by atoms with E-state index in [-0.39, 0.29) is 18.4 Å². The molecule has 114 valence electrons. The van der Waals surface area contributed by atoms with Crippen LogP contribution in [0, 0.1) is 11.8 Å². The molecule has 0 fully saturated rings. The third kappa shape index (κ3) is 2.85. The first-order valence-corrected chi connectivity index (χ1v) is 6.92. The van der Waals surface area contributed by atoms with Crippen LogP contribution < -0.4 is 0 Å². The molecule has 23 heavy (non-hydrogen) atoms. The second-order valence-electron chi connectivity index (χ2n) is 4.81. The summed E-state index contributed by atoms with van der Waals surface area (Å²) in [5.74, 6) is 5.88. The first-order chi connectivity index (χ1) is 11.2. The maximum atomic E-state index is 12.1. The van der Waals surface area contributed by atoms with Crippen molar-refractivity contribution in [1.29, 1.82) is 0 Å². The van der Waals surface area contributed by atoms with Gasteiger partial charge in [0, 0.05) is 13.0 Å². The van der Waals surface area contributed by atoms with E-state index in [0.29, 0.717) is 29.1 Å². The normalized spacial score (nSPS) is 13.3. The number of hydrogen-bond acceptors (Lipinski definition) is 5. The standard InChI is InChI=1S/C17H12N2O4/c20-16-14-6-1-2-7-15(14)17(21)19(16)10-4-3-5-12-8-9-13(23-12)11-18-22/h1-2,6-9,11,22H,4,10H2/b18-11-. The van der Waals surface area contributed by atoms with E-state index in [2.05, 4.69) is 17.0 Å². The average molecular weight is 308 g/mol. The lowest BCUT2D eigenvalue weighted by atomic mass is 10.1. The minimum atomic E-state index is -0.285. The monoisotopic (exact) mass is 308 g/mol. The number of carbonyl (C=O) groups is 2. The Labute approximate surface area is 132 Å². The highest BCUT2D eigenvalue weighted by atomic mass is 16.4. The zero-order chi connectivity index (χ0) is 16.2. The molecule has 1 aromatic carbocycles. The Morgan fingerprint density at radius 1 is 1.13 bits per heavy atom. The maximum Gasteiger partial charge on any atom is 0.261 e. The fourth-order valence-electron chi connectivity index (χ4n) is 2.31. The third-order valence-electron chi connectivity index (χ3n) is 3.36. The summed E-state index contributed by atoms with van der Waals surface area (Å²) >= 11 is 0. The lowest BCUT2D eigenvalue weighted by molar-refractivity contribution is 0.0658. The van der Waals surface area contributed by atoms with Gasteiger partial charge in [-0.1, -0.05) is 23.2 Å². The van der Waals surface area contributed by atoms with Gasteiger partial charge in [-0.25, -0.2) is 0 Å². The van der Waals surface area contributed by atoms with Gasteiger partial charge in [0.15, 0.2) is 5.76 Å². The van der Waals surface area contributed by atoms with E-state index in [4.69, 9.17) is 9.62 Å². The molecular weight excluding hydrogens is 296 g/mol. The highest BCUT2D eigenvalue weighted by Crippen LogP contribution is 2.22. The molecule has 0 saturated heterocycles. The van der Waals surface area contributed by atoms with Crippen molar-refractivity contribution in [2.75, 3.05) is 6.54 Å². The topological polar surface area (TPSA) is 83.1 Å². The van der Waals surface area contributed by atoms with Crippen molar-refractivity contribution in [2.45, 2.75) is 6.42 Å². The van der Waals surface area contributed by atoms with Crippen molar-refractivity contribution in [2.24, 2.45) is 5.16 Å². The minimum Gasteiger partial charge on any atom is -0.447 e. The molecule has 2 heterocycles. The molecular formula is C17H12N2O4. The molecule has 2 aromatic rings. The summed E-state index contributed by atoms with van der Waals surface area (Å²) in [5.41, 5.74) is 0.869. The van der Waals surface area contributed by atoms with Crippen molar-refractivity contribution in [3.8, 4) is 11.8 Å². The summed E-state index contributed by atoms with van der Waals surface area (Å²) in [6, 6.07) is 10.0. The third-order valence-corrected chi connectivity index (χ3v) is 3.36. The number of hydrogen-bond donors (Lipinski definition) is 1. The number of imide groups is 1. The predicted octanol–water partition coefficient (Wildman–Crippen LogP) is 2.13. The maximum absolute atomic E-state index is 12.1. The molecule has 0 unspecified atom stereocenters. The molecule has 6 heteroatoms. The number of benzene rings is 1. The quantitative estimate of drug-likeness (QED) is 0.309. The number of amides is 2. The number of rotatable bonds is 3. The Morgan fingerprint density at radius 3 is 2.48 bits per heavy atom. The van der Waals surface area contributed by atoms with Gasteiger partial charge in [0.25, 0.3) is 11.8 Å². The Balaban J connectivity index is 1.63. The summed E-state index contributed by atoms with van der Waals surface area (Å²) < 4.78 is 5.26.